The first kappa shape index (κ1) is 13.8. The molecule has 2 aliphatic rings. The van der Waals surface area contributed by atoms with Gasteiger partial charge in [0.05, 0.1) is 5.92 Å². The van der Waals surface area contributed by atoms with Crippen molar-refractivity contribution in [3.05, 3.63) is 0 Å². The van der Waals surface area contributed by atoms with Gasteiger partial charge in [-0.3, -0.25) is 4.79 Å². The minimum absolute atomic E-state index is 0.0905. The number of carboxylic acid groups (broad SMARTS) is 1. The van der Waals surface area contributed by atoms with Gasteiger partial charge in [0.1, 0.15) is 0 Å². The maximum Gasteiger partial charge on any atom is 0.306 e. The number of aliphatic carboxylic acids is 1. The van der Waals surface area contributed by atoms with Crippen LogP contribution in [0.3, 0.4) is 0 Å². The van der Waals surface area contributed by atoms with E-state index in [-0.39, 0.29) is 5.92 Å². The van der Waals surface area contributed by atoms with Crippen LogP contribution in [0.2, 0.25) is 0 Å². The van der Waals surface area contributed by atoms with Gasteiger partial charge in [-0.2, -0.15) is 0 Å². The predicted molar refractivity (Wildman–Crippen MR) is 71.6 cm³/mol. The molecular weight excluding hydrogens is 228 g/mol. The molecule has 4 heteroatoms. The summed E-state index contributed by atoms with van der Waals surface area (Å²) >= 11 is 0. The first-order valence-corrected chi connectivity index (χ1v) is 7.18. The summed E-state index contributed by atoms with van der Waals surface area (Å²) in [7, 11) is 4.40. The molecule has 0 radical (unpaired) electrons. The maximum atomic E-state index is 10.9. The number of carboxylic acids is 1. The first-order valence-electron chi connectivity index (χ1n) is 7.18. The van der Waals surface area contributed by atoms with Crippen LogP contribution < -0.4 is 0 Å². The Labute approximate surface area is 110 Å². The van der Waals surface area contributed by atoms with Gasteiger partial charge in [-0.05, 0) is 58.7 Å². The Hall–Kier alpha value is -0.610. The van der Waals surface area contributed by atoms with Gasteiger partial charge in [-0.25, -0.2) is 0 Å². The number of carbonyl (C=O) groups is 1. The summed E-state index contributed by atoms with van der Waals surface area (Å²) in [5.41, 5.74) is 0. The second-order valence-electron chi connectivity index (χ2n) is 6.20. The van der Waals surface area contributed by atoms with Gasteiger partial charge in [0.25, 0.3) is 0 Å². The lowest BCUT2D eigenvalue weighted by molar-refractivity contribution is -0.143. The first-order chi connectivity index (χ1) is 8.56. The van der Waals surface area contributed by atoms with Crippen LogP contribution >= 0.6 is 0 Å². The van der Waals surface area contributed by atoms with Gasteiger partial charge in [0.15, 0.2) is 0 Å². The summed E-state index contributed by atoms with van der Waals surface area (Å²) in [6.07, 6.45) is 5.13. The van der Waals surface area contributed by atoms with Crippen molar-refractivity contribution in [3.63, 3.8) is 0 Å². The van der Waals surface area contributed by atoms with Crippen molar-refractivity contribution in [1.29, 1.82) is 0 Å². The predicted octanol–water partition coefficient (Wildman–Crippen LogP) is 1.51. The molecule has 1 aliphatic carbocycles. The molecule has 1 saturated carbocycles. The fraction of sp³-hybridized carbons (Fsp3) is 0.929. The molecule has 2 rings (SSSR count). The molecule has 0 bridgehead atoms. The molecule has 0 amide bonds. The lowest BCUT2D eigenvalue weighted by Crippen LogP contribution is -2.39. The van der Waals surface area contributed by atoms with E-state index in [4.69, 9.17) is 5.11 Å². The molecule has 1 heterocycles. The molecule has 1 saturated heterocycles. The fourth-order valence-corrected chi connectivity index (χ4v) is 3.50. The monoisotopic (exact) mass is 254 g/mol. The van der Waals surface area contributed by atoms with Crippen molar-refractivity contribution >= 4 is 5.97 Å². The number of rotatable bonds is 4. The zero-order chi connectivity index (χ0) is 13.1. The van der Waals surface area contributed by atoms with E-state index in [1.807, 2.05) is 0 Å². The van der Waals surface area contributed by atoms with Crippen LogP contribution in [0.15, 0.2) is 0 Å². The summed E-state index contributed by atoms with van der Waals surface area (Å²) in [5, 5.41) is 9.00. The van der Waals surface area contributed by atoms with Gasteiger partial charge in [0.2, 0.25) is 0 Å². The third-order valence-corrected chi connectivity index (χ3v) is 4.70. The van der Waals surface area contributed by atoms with Gasteiger partial charge < -0.3 is 14.9 Å². The number of hydrogen-bond donors (Lipinski definition) is 1. The smallest absolute Gasteiger partial charge is 0.306 e. The Morgan fingerprint density at radius 2 is 1.94 bits per heavy atom. The minimum Gasteiger partial charge on any atom is -0.481 e. The van der Waals surface area contributed by atoms with E-state index in [0.717, 1.165) is 31.6 Å². The third kappa shape index (κ3) is 3.45. The molecule has 104 valence electrons. The van der Waals surface area contributed by atoms with Crippen molar-refractivity contribution in [2.75, 3.05) is 33.7 Å². The summed E-state index contributed by atoms with van der Waals surface area (Å²) in [6, 6.07) is 0.603. The van der Waals surface area contributed by atoms with E-state index in [1.54, 1.807) is 0 Å². The highest BCUT2D eigenvalue weighted by Gasteiger charge is 2.29. The SMILES string of the molecule is CN1CCC(CN(C)C2CCC(C(=O)O)CC2)C1. The summed E-state index contributed by atoms with van der Waals surface area (Å²) < 4.78 is 0. The van der Waals surface area contributed by atoms with Crippen LogP contribution in [-0.4, -0.2) is 60.6 Å². The van der Waals surface area contributed by atoms with Crippen LogP contribution in [0.4, 0.5) is 0 Å². The molecule has 4 nitrogen and oxygen atoms in total. The molecule has 18 heavy (non-hydrogen) atoms. The quantitative estimate of drug-likeness (QED) is 0.826. The summed E-state index contributed by atoms with van der Waals surface area (Å²) in [6.45, 7) is 3.62. The van der Waals surface area contributed by atoms with Gasteiger partial charge in [0, 0.05) is 19.1 Å². The third-order valence-electron chi connectivity index (χ3n) is 4.70. The standard InChI is InChI=1S/C14H26N2O2/c1-15-8-7-11(9-15)10-16(2)13-5-3-12(4-6-13)14(17)18/h11-13H,3-10H2,1-2H3,(H,17,18). The van der Waals surface area contributed by atoms with E-state index in [2.05, 4.69) is 23.9 Å². The van der Waals surface area contributed by atoms with E-state index in [0.29, 0.717) is 6.04 Å². The maximum absolute atomic E-state index is 10.9. The highest BCUT2D eigenvalue weighted by molar-refractivity contribution is 5.70. The molecule has 1 N–H and O–H groups in total. The fourth-order valence-electron chi connectivity index (χ4n) is 3.50. The van der Waals surface area contributed by atoms with Crippen LogP contribution in [0, 0.1) is 11.8 Å². The van der Waals surface area contributed by atoms with Crippen molar-refractivity contribution in [3.8, 4) is 0 Å². The zero-order valence-corrected chi connectivity index (χ0v) is 11.6. The van der Waals surface area contributed by atoms with Crippen LogP contribution in [0.25, 0.3) is 0 Å². The Bertz CT molecular complexity index is 288. The van der Waals surface area contributed by atoms with E-state index in [9.17, 15) is 4.79 Å². The molecule has 1 aliphatic heterocycles. The van der Waals surface area contributed by atoms with Gasteiger partial charge in [-0.15, -0.1) is 0 Å². The minimum atomic E-state index is -0.603. The molecular formula is C14H26N2O2. The Kier molecular flexibility index (Phi) is 4.62. The Morgan fingerprint density at radius 3 is 2.44 bits per heavy atom. The number of likely N-dealkylation sites (tertiary alicyclic amines) is 1. The molecule has 0 aromatic heterocycles. The summed E-state index contributed by atoms with van der Waals surface area (Å²) in [5.74, 6) is 0.109. The van der Waals surface area contributed by atoms with E-state index < -0.39 is 5.97 Å². The average molecular weight is 254 g/mol. The van der Waals surface area contributed by atoms with Crippen molar-refractivity contribution in [2.24, 2.45) is 11.8 Å². The molecule has 1 unspecified atom stereocenters. The molecule has 0 aromatic rings. The lowest BCUT2D eigenvalue weighted by atomic mass is 9.85. The topological polar surface area (TPSA) is 43.8 Å². The number of hydrogen-bond acceptors (Lipinski definition) is 3. The highest BCUT2D eigenvalue weighted by Crippen LogP contribution is 2.28. The zero-order valence-electron chi connectivity index (χ0n) is 11.6. The van der Waals surface area contributed by atoms with Crippen LogP contribution in [-0.2, 0) is 4.79 Å². The second kappa shape index (κ2) is 6.02. The van der Waals surface area contributed by atoms with Crippen molar-refractivity contribution in [2.45, 2.75) is 38.1 Å². The van der Waals surface area contributed by atoms with E-state index >= 15 is 0 Å². The second-order valence-corrected chi connectivity index (χ2v) is 6.20. The van der Waals surface area contributed by atoms with Crippen molar-refractivity contribution < 1.29 is 9.90 Å². The van der Waals surface area contributed by atoms with Gasteiger partial charge in [-0.1, -0.05) is 0 Å². The normalized spacial score (nSPS) is 34.1. The largest absolute Gasteiger partial charge is 0.481 e. The molecule has 0 spiro atoms. The van der Waals surface area contributed by atoms with Crippen LogP contribution in [0.1, 0.15) is 32.1 Å². The lowest BCUT2D eigenvalue weighted by Gasteiger charge is -2.34. The average Bonchev–Trinajstić information content (AvgIpc) is 2.75. The van der Waals surface area contributed by atoms with Crippen LogP contribution in [0.5, 0.6) is 0 Å². The molecule has 1 atom stereocenters. The number of nitrogens with zero attached hydrogens (tertiary/aromatic N) is 2. The molecule has 2 fully saturated rings. The van der Waals surface area contributed by atoms with E-state index in [1.165, 1.54) is 26.1 Å². The molecule has 0 aromatic carbocycles. The van der Waals surface area contributed by atoms with Gasteiger partial charge >= 0.3 is 5.97 Å². The Morgan fingerprint density at radius 1 is 1.28 bits per heavy atom. The summed E-state index contributed by atoms with van der Waals surface area (Å²) in [4.78, 5) is 15.8. The van der Waals surface area contributed by atoms with Crippen molar-refractivity contribution in [1.82, 2.24) is 9.80 Å². The highest BCUT2D eigenvalue weighted by atomic mass is 16.4. The Balaban J connectivity index is 1.73.